The lowest BCUT2D eigenvalue weighted by atomic mass is 10.0. The van der Waals surface area contributed by atoms with Gasteiger partial charge in [-0.1, -0.05) is 12.1 Å². The number of carbonyl (C=O) groups excluding carboxylic acids is 1. The van der Waals surface area contributed by atoms with Crippen LogP contribution in [-0.4, -0.2) is 42.0 Å². The zero-order valence-corrected chi connectivity index (χ0v) is 18.3. The van der Waals surface area contributed by atoms with E-state index in [2.05, 4.69) is 10.3 Å². The van der Waals surface area contributed by atoms with Gasteiger partial charge in [-0.3, -0.25) is 4.79 Å². The van der Waals surface area contributed by atoms with Gasteiger partial charge in [-0.05, 0) is 31.5 Å². The summed E-state index contributed by atoms with van der Waals surface area (Å²) in [5, 5.41) is 6.09. The summed E-state index contributed by atoms with van der Waals surface area (Å²) in [5.74, 6) is -0.267. The van der Waals surface area contributed by atoms with Gasteiger partial charge in [-0.25, -0.2) is 9.37 Å². The van der Waals surface area contributed by atoms with Crippen LogP contribution in [0.3, 0.4) is 0 Å². The van der Waals surface area contributed by atoms with Crippen molar-refractivity contribution in [2.75, 3.05) is 26.2 Å². The molecule has 0 aliphatic carbocycles. The van der Waals surface area contributed by atoms with Crippen molar-refractivity contribution in [2.45, 2.75) is 32.4 Å². The van der Waals surface area contributed by atoms with E-state index >= 15 is 0 Å². The molecular formula is C19H26Cl2FN3O2S. The Morgan fingerprint density at radius 3 is 2.96 bits per heavy atom. The van der Waals surface area contributed by atoms with Crippen LogP contribution in [0.15, 0.2) is 29.6 Å². The van der Waals surface area contributed by atoms with Gasteiger partial charge in [0.25, 0.3) is 0 Å². The van der Waals surface area contributed by atoms with Gasteiger partial charge in [0.05, 0.1) is 18.2 Å². The average Bonchev–Trinajstić information content (AvgIpc) is 3.10. The second-order valence-corrected chi connectivity index (χ2v) is 7.20. The van der Waals surface area contributed by atoms with E-state index in [9.17, 15) is 9.18 Å². The van der Waals surface area contributed by atoms with Crippen molar-refractivity contribution < 1.29 is 13.9 Å². The van der Waals surface area contributed by atoms with Crippen LogP contribution in [0.2, 0.25) is 0 Å². The normalized spacial score (nSPS) is 17.4. The molecule has 3 rings (SSSR count). The Balaban J connectivity index is 0.00000196. The molecule has 0 bridgehead atoms. The summed E-state index contributed by atoms with van der Waals surface area (Å²) in [6, 6.07) is 6.31. The highest BCUT2D eigenvalue weighted by atomic mass is 35.5. The Morgan fingerprint density at radius 2 is 2.25 bits per heavy atom. The van der Waals surface area contributed by atoms with E-state index in [-0.39, 0.29) is 55.1 Å². The Morgan fingerprint density at radius 1 is 1.46 bits per heavy atom. The summed E-state index contributed by atoms with van der Waals surface area (Å²) in [4.78, 5) is 19.3. The predicted molar refractivity (Wildman–Crippen MR) is 114 cm³/mol. The smallest absolute Gasteiger partial charge is 0.229 e. The Kier molecular flexibility index (Phi) is 10.3. The van der Waals surface area contributed by atoms with Crippen LogP contribution >= 0.6 is 36.2 Å². The number of carbonyl (C=O) groups is 1. The lowest BCUT2D eigenvalue weighted by Crippen LogP contribution is -2.49. The fourth-order valence-corrected chi connectivity index (χ4v) is 4.01. The molecule has 1 fully saturated rings. The van der Waals surface area contributed by atoms with Crippen molar-refractivity contribution in [3.63, 3.8) is 0 Å². The quantitative estimate of drug-likeness (QED) is 0.725. The van der Waals surface area contributed by atoms with Crippen LogP contribution in [0, 0.1) is 5.82 Å². The summed E-state index contributed by atoms with van der Waals surface area (Å²) >= 11 is 1.52. The predicted octanol–water partition coefficient (Wildman–Crippen LogP) is 3.94. The molecule has 1 aliphatic rings. The minimum atomic E-state index is -0.283. The van der Waals surface area contributed by atoms with Crippen LogP contribution in [0.4, 0.5) is 4.39 Å². The number of ether oxygens (including phenoxy) is 1. The van der Waals surface area contributed by atoms with Gasteiger partial charge in [-0.2, -0.15) is 0 Å². The minimum absolute atomic E-state index is 0. The van der Waals surface area contributed by atoms with E-state index < -0.39 is 0 Å². The summed E-state index contributed by atoms with van der Waals surface area (Å²) in [5.41, 5.74) is 1.58. The first-order valence-electron chi connectivity index (χ1n) is 8.90. The molecule has 2 aromatic rings. The Labute approximate surface area is 181 Å². The van der Waals surface area contributed by atoms with E-state index in [1.54, 1.807) is 6.07 Å². The minimum Gasteiger partial charge on any atom is -0.372 e. The van der Waals surface area contributed by atoms with Crippen molar-refractivity contribution in [2.24, 2.45) is 0 Å². The number of hydrogen-bond acceptors (Lipinski definition) is 5. The van der Waals surface area contributed by atoms with E-state index in [4.69, 9.17) is 4.74 Å². The monoisotopic (exact) mass is 449 g/mol. The Hall–Kier alpha value is -1.25. The lowest BCUT2D eigenvalue weighted by molar-refractivity contribution is -0.133. The number of nitrogens with one attached hydrogen (secondary N) is 1. The first-order chi connectivity index (χ1) is 12.6. The second-order valence-electron chi connectivity index (χ2n) is 6.31. The van der Waals surface area contributed by atoms with Crippen molar-refractivity contribution in [1.29, 1.82) is 0 Å². The zero-order chi connectivity index (χ0) is 18.5. The number of amides is 1. The number of aromatic nitrogens is 1. The van der Waals surface area contributed by atoms with Gasteiger partial charge in [0.1, 0.15) is 16.9 Å². The van der Waals surface area contributed by atoms with Crippen molar-refractivity contribution >= 4 is 42.1 Å². The van der Waals surface area contributed by atoms with Crippen LogP contribution < -0.4 is 5.32 Å². The van der Waals surface area contributed by atoms with Crippen LogP contribution in [-0.2, 0) is 16.0 Å². The molecule has 5 nitrogen and oxygen atoms in total. The maximum Gasteiger partial charge on any atom is 0.229 e. The highest BCUT2D eigenvalue weighted by Crippen LogP contribution is 2.25. The molecule has 1 N–H and O–H groups in total. The number of hydrogen-bond donors (Lipinski definition) is 1. The molecule has 1 amide bonds. The number of piperazine rings is 1. The molecule has 1 aliphatic heterocycles. The SMILES string of the molecule is CCOC(C)c1nc(CC(=O)N2CCNCC2c2cccc(F)c2)cs1.Cl.Cl. The number of rotatable bonds is 6. The molecule has 28 heavy (non-hydrogen) atoms. The summed E-state index contributed by atoms with van der Waals surface area (Å²) in [7, 11) is 0. The highest BCUT2D eigenvalue weighted by Gasteiger charge is 2.28. The standard InChI is InChI=1S/C19H24FN3O2S.2ClH/c1-3-25-13(2)19-22-16(12-26-19)10-18(24)23-8-7-21-11-17(23)14-5-4-6-15(20)9-14;;/h4-6,9,12-13,17,21H,3,7-8,10-11H2,1-2H3;2*1H. The average molecular weight is 450 g/mol. The van der Waals surface area contributed by atoms with Crippen molar-refractivity contribution in [1.82, 2.24) is 15.2 Å². The summed E-state index contributed by atoms with van der Waals surface area (Å²) in [6.07, 6.45) is 0.189. The first kappa shape index (κ1) is 24.8. The van der Waals surface area contributed by atoms with E-state index in [0.29, 0.717) is 19.7 Å². The van der Waals surface area contributed by atoms with Crippen LogP contribution in [0.5, 0.6) is 0 Å². The second kappa shape index (κ2) is 11.7. The molecule has 2 heterocycles. The lowest BCUT2D eigenvalue weighted by Gasteiger charge is -2.36. The highest BCUT2D eigenvalue weighted by molar-refractivity contribution is 7.09. The van der Waals surface area contributed by atoms with Crippen LogP contribution in [0.1, 0.15) is 42.3 Å². The fraction of sp³-hybridized carbons (Fsp3) is 0.474. The molecule has 1 aromatic heterocycles. The third kappa shape index (κ3) is 6.12. The maximum absolute atomic E-state index is 13.6. The summed E-state index contributed by atoms with van der Waals surface area (Å²) < 4.78 is 19.2. The molecule has 2 unspecified atom stereocenters. The zero-order valence-electron chi connectivity index (χ0n) is 15.9. The van der Waals surface area contributed by atoms with E-state index in [0.717, 1.165) is 22.8 Å². The van der Waals surface area contributed by atoms with Gasteiger partial charge >= 0.3 is 0 Å². The number of benzene rings is 1. The third-order valence-corrected chi connectivity index (χ3v) is 5.52. The molecule has 9 heteroatoms. The molecule has 0 radical (unpaired) electrons. The topological polar surface area (TPSA) is 54.5 Å². The van der Waals surface area contributed by atoms with Crippen molar-refractivity contribution in [3.05, 3.63) is 51.7 Å². The number of thiazole rings is 1. The fourth-order valence-electron chi connectivity index (χ4n) is 3.18. The van der Waals surface area contributed by atoms with Crippen molar-refractivity contribution in [3.8, 4) is 0 Å². The molecule has 0 spiro atoms. The Bertz CT molecular complexity index is 762. The molecule has 1 aromatic carbocycles. The third-order valence-electron chi connectivity index (χ3n) is 4.46. The number of halogens is 3. The van der Waals surface area contributed by atoms with Gasteiger partial charge in [0, 0.05) is 31.6 Å². The molecule has 2 atom stereocenters. The molecule has 0 saturated carbocycles. The number of nitrogens with zero attached hydrogens (tertiary/aromatic N) is 2. The first-order valence-corrected chi connectivity index (χ1v) is 9.78. The van der Waals surface area contributed by atoms with Gasteiger partial charge < -0.3 is 15.0 Å². The summed E-state index contributed by atoms with van der Waals surface area (Å²) in [6.45, 7) is 6.51. The molecule has 1 saturated heterocycles. The van der Waals surface area contributed by atoms with E-state index in [1.165, 1.54) is 23.5 Å². The molecular weight excluding hydrogens is 424 g/mol. The maximum atomic E-state index is 13.6. The largest absolute Gasteiger partial charge is 0.372 e. The molecule has 156 valence electrons. The van der Waals surface area contributed by atoms with Gasteiger partial charge in [0.15, 0.2) is 0 Å². The van der Waals surface area contributed by atoms with Gasteiger partial charge in [-0.15, -0.1) is 36.2 Å². The van der Waals surface area contributed by atoms with Gasteiger partial charge in [0.2, 0.25) is 5.91 Å². The van der Waals surface area contributed by atoms with Crippen LogP contribution in [0.25, 0.3) is 0 Å². The van der Waals surface area contributed by atoms with E-state index in [1.807, 2.05) is 30.2 Å².